The molecule has 1 fully saturated rings. The SMILES string of the molecule is Cc1ccc(S(=O)(=O)N2CCN(c3ccc(F)cc3)CC2)c2cccnc12. The van der Waals surface area contributed by atoms with Crippen molar-refractivity contribution < 1.29 is 12.8 Å². The topological polar surface area (TPSA) is 53.5 Å². The molecule has 0 atom stereocenters. The van der Waals surface area contributed by atoms with Crippen molar-refractivity contribution in [2.24, 2.45) is 0 Å². The number of hydrogen-bond acceptors (Lipinski definition) is 4. The smallest absolute Gasteiger partial charge is 0.243 e. The zero-order valence-electron chi connectivity index (χ0n) is 15.0. The quantitative estimate of drug-likeness (QED) is 0.695. The number of aromatic nitrogens is 1. The summed E-state index contributed by atoms with van der Waals surface area (Å²) >= 11 is 0. The fourth-order valence-corrected chi connectivity index (χ4v) is 5.10. The first-order chi connectivity index (χ1) is 13.0. The number of anilines is 1. The van der Waals surface area contributed by atoms with Crippen LogP contribution in [0.4, 0.5) is 10.1 Å². The predicted octanol–water partition coefficient (Wildman–Crippen LogP) is 3.19. The van der Waals surface area contributed by atoms with E-state index in [2.05, 4.69) is 9.88 Å². The standard InChI is InChI=1S/C20H20FN3O2S/c1-15-4-9-19(18-3-2-10-22-20(15)18)27(25,26)24-13-11-23(12-14-24)17-7-5-16(21)6-8-17/h2-10H,11-14H2,1H3. The Morgan fingerprint density at radius 2 is 1.67 bits per heavy atom. The Kier molecular flexibility index (Phi) is 4.57. The maximum atomic E-state index is 13.2. The second-order valence-electron chi connectivity index (χ2n) is 6.65. The van der Waals surface area contributed by atoms with Crippen molar-refractivity contribution >= 4 is 26.6 Å². The summed E-state index contributed by atoms with van der Waals surface area (Å²) in [6.07, 6.45) is 1.67. The van der Waals surface area contributed by atoms with Crippen LogP contribution in [0.1, 0.15) is 5.56 Å². The number of halogens is 1. The molecular weight excluding hydrogens is 365 g/mol. The summed E-state index contributed by atoms with van der Waals surface area (Å²) in [5, 5.41) is 0.651. The second kappa shape index (κ2) is 6.90. The average molecular weight is 385 g/mol. The fourth-order valence-electron chi connectivity index (χ4n) is 3.49. The van der Waals surface area contributed by atoms with Crippen LogP contribution in [0.15, 0.2) is 59.6 Å². The average Bonchev–Trinajstić information content (AvgIpc) is 2.69. The third-order valence-corrected chi connectivity index (χ3v) is 6.94. The summed E-state index contributed by atoms with van der Waals surface area (Å²) in [6.45, 7) is 3.82. The fraction of sp³-hybridized carbons (Fsp3) is 0.250. The van der Waals surface area contributed by atoms with Gasteiger partial charge in [-0.25, -0.2) is 12.8 Å². The molecule has 5 nitrogen and oxygen atoms in total. The van der Waals surface area contributed by atoms with E-state index in [0.29, 0.717) is 42.0 Å². The number of nitrogens with zero attached hydrogens (tertiary/aromatic N) is 3. The Bertz CT molecular complexity index is 1080. The van der Waals surface area contributed by atoms with Crippen LogP contribution in [0.3, 0.4) is 0 Å². The van der Waals surface area contributed by atoms with Crippen LogP contribution in [-0.4, -0.2) is 43.9 Å². The van der Waals surface area contributed by atoms with E-state index in [9.17, 15) is 12.8 Å². The molecule has 0 aliphatic carbocycles. The Hall–Kier alpha value is -2.51. The molecule has 1 saturated heterocycles. The third-order valence-electron chi connectivity index (χ3n) is 4.98. The van der Waals surface area contributed by atoms with Gasteiger partial charge < -0.3 is 4.90 Å². The van der Waals surface area contributed by atoms with E-state index in [0.717, 1.165) is 11.3 Å². The molecule has 0 spiro atoms. The van der Waals surface area contributed by atoms with E-state index in [1.54, 1.807) is 42.6 Å². The number of sulfonamides is 1. The molecule has 7 heteroatoms. The summed E-state index contributed by atoms with van der Waals surface area (Å²) in [4.78, 5) is 6.70. The Labute approximate surface area is 158 Å². The van der Waals surface area contributed by atoms with Gasteiger partial charge in [0.05, 0.1) is 10.4 Å². The van der Waals surface area contributed by atoms with Crippen LogP contribution < -0.4 is 4.90 Å². The van der Waals surface area contributed by atoms with Crippen LogP contribution in [0.2, 0.25) is 0 Å². The van der Waals surface area contributed by atoms with Crippen LogP contribution in [0, 0.1) is 12.7 Å². The number of pyridine rings is 1. The minimum Gasteiger partial charge on any atom is -0.369 e. The summed E-state index contributed by atoms with van der Waals surface area (Å²) < 4.78 is 41.1. The molecular formula is C20H20FN3O2S. The highest BCUT2D eigenvalue weighted by Crippen LogP contribution is 2.28. The Morgan fingerprint density at radius 3 is 2.37 bits per heavy atom. The van der Waals surface area contributed by atoms with Crippen molar-refractivity contribution in [3.05, 3.63) is 66.1 Å². The number of piperazine rings is 1. The molecule has 2 heterocycles. The van der Waals surface area contributed by atoms with Crippen LogP contribution >= 0.6 is 0 Å². The molecule has 27 heavy (non-hydrogen) atoms. The Balaban J connectivity index is 1.59. The lowest BCUT2D eigenvalue weighted by Gasteiger charge is -2.35. The summed E-state index contributed by atoms with van der Waals surface area (Å²) in [5.41, 5.74) is 2.56. The molecule has 0 N–H and O–H groups in total. The van der Waals surface area contributed by atoms with E-state index < -0.39 is 10.0 Å². The van der Waals surface area contributed by atoms with Crippen molar-refractivity contribution in [1.29, 1.82) is 0 Å². The lowest BCUT2D eigenvalue weighted by Crippen LogP contribution is -2.48. The number of rotatable bonds is 3. The van der Waals surface area contributed by atoms with Gasteiger partial charge >= 0.3 is 0 Å². The van der Waals surface area contributed by atoms with E-state index in [1.807, 2.05) is 6.92 Å². The molecule has 1 aliphatic rings. The van der Waals surface area contributed by atoms with Gasteiger partial charge in [-0.15, -0.1) is 0 Å². The molecule has 140 valence electrons. The van der Waals surface area contributed by atoms with Crippen molar-refractivity contribution in [3.63, 3.8) is 0 Å². The van der Waals surface area contributed by atoms with Crippen LogP contribution in [0.25, 0.3) is 10.9 Å². The van der Waals surface area contributed by atoms with Gasteiger partial charge in [-0.3, -0.25) is 4.98 Å². The maximum absolute atomic E-state index is 13.2. The first-order valence-corrected chi connectivity index (χ1v) is 10.3. The van der Waals surface area contributed by atoms with E-state index in [-0.39, 0.29) is 5.82 Å². The monoisotopic (exact) mass is 385 g/mol. The first-order valence-electron chi connectivity index (χ1n) is 8.82. The van der Waals surface area contributed by atoms with Gasteiger partial charge in [0.15, 0.2) is 0 Å². The molecule has 0 radical (unpaired) electrons. The van der Waals surface area contributed by atoms with Crippen LogP contribution in [0.5, 0.6) is 0 Å². The Morgan fingerprint density at radius 1 is 0.963 bits per heavy atom. The highest BCUT2D eigenvalue weighted by Gasteiger charge is 2.30. The molecule has 4 rings (SSSR count). The van der Waals surface area contributed by atoms with Gasteiger partial charge in [0.2, 0.25) is 10.0 Å². The lowest BCUT2D eigenvalue weighted by atomic mass is 10.1. The van der Waals surface area contributed by atoms with Gasteiger partial charge in [-0.1, -0.05) is 6.07 Å². The molecule has 0 amide bonds. The summed E-state index contributed by atoms with van der Waals surface area (Å²) in [7, 11) is -3.61. The summed E-state index contributed by atoms with van der Waals surface area (Å²) in [6, 6.07) is 13.3. The minimum absolute atomic E-state index is 0.278. The normalized spacial score (nSPS) is 16.0. The van der Waals surface area contributed by atoms with Crippen molar-refractivity contribution in [2.75, 3.05) is 31.1 Å². The number of hydrogen-bond donors (Lipinski definition) is 0. The predicted molar refractivity (Wildman–Crippen MR) is 104 cm³/mol. The zero-order chi connectivity index (χ0) is 19.0. The van der Waals surface area contributed by atoms with Gasteiger partial charge in [0.25, 0.3) is 0 Å². The van der Waals surface area contributed by atoms with Gasteiger partial charge in [-0.05, 0) is 55.0 Å². The molecule has 0 bridgehead atoms. The molecule has 0 saturated carbocycles. The third kappa shape index (κ3) is 3.28. The van der Waals surface area contributed by atoms with Gasteiger partial charge in [0, 0.05) is 43.4 Å². The highest BCUT2D eigenvalue weighted by molar-refractivity contribution is 7.89. The molecule has 2 aromatic carbocycles. The minimum atomic E-state index is -3.61. The van der Waals surface area contributed by atoms with Crippen molar-refractivity contribution in [1.82, 2.24) is 9.29 Å². The van der Waals surface area contributed by atoms with Crippen LogP contribution in [-0.2, 0) is 10.0 Å². The highest BCUT2D eigenvalue weighted by atomic mass is 32.2. The maximum Gasteiger partial charge on any atom is 0.243 e. The van der Waals surface area contributed by atoms with E-state index >= 15 is 0 Å². The van der Waals surface area contributed by atoms with Crippen molar-refractivity contribution in [3.8, 4) is 0 Å². The molecule has 3 aromatic rings. The van der Waals surface area contributed by atoms with E-state index in [4.69, 9.17) is 0 Å². The largest absolute Gasteiger partial charge is 0.369 e. The first kappa shape index (κ1) is 17.9. The van der Waals surface area contributed by atoms with Gasteiger partial charge in [-0.2, -0.15) is 4.31 Å². The van der Waals surface area contributed by atoms with E-state index in [1.165, 1.54) is 16.4 Å². The second-order valence-corrected chi connectivity index (χ2v) is 8.55. The van der Waals surface area contributed by atoms with Crippen molar-refractivity contribution in [2.45, 2.75) is 11.8 Å². The molecule has 1 aromatic heterocycles. The molecule has 1 aliphatic heterocycles. The number of benzene rings is 2. The summed E-state index contributed by atoms with van der Waals surface area (Å²) in [5.74, 6) is -0.278. The lowest BCUT2D eigenvalue weighted by molar-refractivity contribution is 0.385. The number of fused-ring (bicyclic) bond motifs is 1. The number of aryl methyl sites for hydroxylation is 1. The molecule has 0 unspecified atom stereocenters. The zero-order valence-corrected chi connectivity index (χ0v) is 15.8. The van der Waals surface area contributed by atoms with Gasteiger partial charge in [0.1, 0.15) is 5.82 Å².